The Morgan fingerprint density at radius 1 is 1.12 bits per heavy atom. The number of amides is 2. The summed E-state index contributed by atoms with van der Waals surface area (Å²) in [4.78, 5) is 58.0. The first-order valence-corrected chi connectivity index (χ1v) is 12.8. The van der Waals surface area contributed by atoms with Crippen molar-refractivity contribution >= 4 is 23.4 Å². The van der Waals surface area contributed by atoms with Crippen LogP contribution in [-0.2, 0) is 20.8 Å². The van der Waals surface area contributed by atoms with E-state index in [1.54, 1.807) is 44.4 Å². The highest BCUT2D eigenvalue weighted by Crippen LogP contribution is 2.53. The molecular formula is C29H29N3O9. The lowest BCUT2D eigenvalue weighted by Crippen LogP contribution is -2.63. The molecule has 0 saturated heterocycles. The van der Waals surface area contributed by atoms with Crippen LogP contribution in [0, 0.1) is 11.8 Å². The fourth-order valence-electron chi connectivity index (χ4n) is 6.50. The molecule has 214 valence electrons. The van der Waals surface area contributed by atoms with Crippen LogP contribution in [0.15, 0.2) is 59.1 Å². The number of nitrogens with one attached hydrogen (secondary N) is 1. The van der Waals surface area contributed by atoms with Gasteiger partial charge in [0.05, 0.1) is 18.7 Å². The summed E-state index contributed by atoms with van der Waals surface area (Å²) in [5.74, 6) is -7.64. The predicted octanol–water partition coefficient (Wildman–Crippen LogP) is 1.08. The lowest BCUT2D eigenvalue weighted by molar-refractivity contribution is -0.148. The Morgan fingerprint density at radius 3 is 2.46 bits per heavy atom. The van der Waals surface area contributed by atoms with E-state index in [1.807, 2.05) is 0 Å². The number of Topliss-reactive ketones (excluding diaryl/α,β-unsaturated/α-hetero) is 2. The van der Waals surface area contributed by atoms with Crippen molar-refractivity contribution in [3.8, 4) is 16.9 Å². The van der Waals surface area contributed by atoms with E-state index in [0.717, 1.165) is 0 Å². The Hall–Kier alpha value is -4.52. The molecule has 0 spiro atoms. The number of nitrogens with two attached hydrogens (primary N) is 1. The topological polar surface area (TPSA) is 200 Å². The molecule has 0 aromatic heterocycles. The van der Waals surface area contributed by atoms with Crippen LogP contribution < -0.4 is 11.2 Å². The van der Waals surface area contributed by atoms with E-state index in [2.05, 4.69) is 5.48 Å². The number of hydrogen-bond donors (Lipinski definition) is 6. The SMILES string of the molecule is CONC(=O)c1cccc(-c2ccc(O)c3c2C[C@H]2C[C@H]4[C@H](N(C)C)C(O)=C(C(N)=O)C(=O)[C@@]4(O)C(O)=C2C3=O)c1. The van der Waals surface area contributed by atoms with Gasteiger partial charge in [0.25, 0.3) is 11.8 Å². The van der Waals surface area contributed by atoms with Gasteiger partial charge in [-0.15, -0.1) is 0 Å². The maximum absolute atomic E-state index is 13.9. The number of fused-ring (bicyclic) bond motifs is 3. The first-order valence-electron chi connectivity index (χ1n) is 12.8. The van der Waals surface area contributed by atoms with Crippen LogP contribution in [0.5, 0.6) is 5.75 Å². The fraction of sp³-hybridized carbons (Fsp3) is 0.310. The minimum Gasteiger partial charge on any atom is -0.510 e. The number of hydroxylamine groups is 1. The lowest BCUT2D eigenvalue weighted by Gasteiger charge is -2.50. The number of aromatic hydroxyl groups is 1. The molecule has 41 heavy (non-hydrogen) atoms. The largest absolute Gasteiger partial charge is 0.510 e. The zero-order valence-corrected chi connectivity index (χ0v) is 22.5. The predicted molar refractivity (Wildman–Crippen MR) is 144 cm³/mol. The van der Waals surface area contributed by atoms with Gasteiger partial charge in [0.2, 0.25) is 5.78 Å². The van der Waals surface area contributed by atoms with E-state index < -0.39 is 64.0 Å². The Morgan fingerprint density at radius 2 is 1.83 bits per heavy atom. The molecule has 2 amide bonds. The number of carbonyl (C=O) groups excluding carboxylic acids is 4. The summed E-state index contributed by atoms with van der Waals surface area (Å²) >= 11 is 0. The number of nitrogens with zero attached hydrogens (tertiary/aromatic N) is 1. The number of likely N-dealkylation sites (N-methyl/N-ethyl adjacent to an activating group) is 1. The number of phenols is 1. The summed E-state index contributed by atoms with van der Waals surface area (Å²) in [6.45, 7) is 0. The number of carbonyl (C=O) groups is 4. The second-order valence-electron chi connectivity index (χ2n) is 10.7. The van der Waals surface area contributed by atoms with Gasteiger partial charge in [-0.25, -0.2) is 5.48 Å². The number of ketones is 2. The van der Waals surface area contributed by atoms with E-state index in [4.69, 9.17) is 10.6 Å². The highest BCUT2D eigenvalue weighted by atomic mass is 16.6. The molecule has 0 radical (unpaired) electrons. The molecule has 12 nitrogen and oxygen atoms in total. The average molecular weight is 564 g/mol. The van der Waals surface area contributed by atoms with Crippen LogP contribution in [0.2, 0.25) is 0 Å². The van der Waals surface area contributed by atoms with Crippen molar-refractivity contribution in [3.63, 3.8) is 0 Å². The maximum Gasteiger partial charge on any atom is 0.274 e. The van der Waals surface area contributed by atoms with E-state index in [-0.39, 0.29) is 35.3 Å². The molecule has 0 fully saturated rings. The highest BCUT2D eigenvalue weighted by Gasteiger charge is 2.63. The zero-order chi connectivity index (χ0) is 30.0. The van der Waals surface area contributed by atoms with Gasteiger partial charge in [-0.1, -0.05) is 18.2 Å². The Kier molecular flexibility index (Phi) is 6.72. The Labute approximate surface area is 234 Å². The van der Waals surface area contributed by atoms with Crippen LogP contribution in [0.1, 0.15) is 32.7 Å². The third-order valence-corrected chi connectivity index (χ3v) is 8.24. The standard InChI is InChI=1S/C29H29N3O9/c1-32(2)22-17-11-14-10-16-15(12-5-4-6-13(9-12)28(39)31-41-3)7-8-18(33)20(16)23(34)19(14)25(36)29(17,40)26(37)21(24(22)35)27(30)38/h4-9,14,17,22,33,35-36,40H,10-11H2,1-3H3,(H2,30,38)(H,31,39)/t14-,17-,22-,29-/m0/s1. The van der Waals surface area contributed by atoms with Gasteiger partial charge in [0.1, 0.15) is 22.8 Å². The number of aliphatic hydroxyl groups excluding tert-OH is 2. The smallest absolute Gasteiger partial charge is 0.274 e. The molecule has 0 bridgehead atoms. The van der Waals surface area contributed by atoms with Gasteiger partial charge >= 0.3 is 0 Å². The molecule has 2 aromatic carbocycles. The number of allylic oxidation sites excluding steroid dienone is 1. The molecule has 0 aliphatic heterocycles. The van der Waals surface area contributed by atoms with Crippen LogP contribution in [0.25, 0.3) is 11.1 Å². The fourth-order valence-corrected chi connectivity index (χ4v) is 6.50. The van der Waals surface area contributed by atoms with Gasteiger partial charge < -0.3 is 26.2 Å². The summed E-state index contributed by atoms with van der Waals surface area (Å²) in [6, 6.07) is 8.42. The monoisotopic (exact) mass is 563 g/mol. The van der Waals surface area contributed by atoms with Crippen LogP contribution in [0.4, 0.5) is 0 Å². The highest BCUT2D eigenvalue weighted by molar-refractivity contribution is 6.25. The number of aliphatic hydroxyl groups is 3. The number of hydrogen-bond acceptors (Lipinski definition) is 10. The third-order valence-electron chi connectivity index (χ3n) is 8.24. The van der Waals surface area contributed by atoms with Crippen molar-refractivity contribution in [1.29, 1.82) is 0 Å². The molecule has 0 heterocycles. The molecule has 12 heteroatoms. The molecule has 7 N–H and O–H groups in total. The van der Waals surface area contributed by atoms with Crippen LogP contribution >= 0.6 is 0 Å². The minimum absolute atomic E-state index is 0.0306. The third kappa shape index (κ3) is 4.02. The van der Waals surface area contributed by atoms with Gasteiger partial charge in [0.15, 0.2) is 11.4 Å². The van der Waals surface area contributed by atoms with Crippen LogP contribution in [-0.4, -0.2) is 81.6 Å². The van der Waals surface area contributed by atoms with Crippen molar-refractivity contribution in [1.82, 2.24) is 10.4 Å². The minimum atomic E-state index is -2.71. The van der Waals surface area contributed by atoms with Crippen molar-refractivity contribution in [3.05, 3.63) is 75.8 Å². The quantitative estimate of drug-likeness (QED) is 0.226. The molecule has 5 rings (SSSR count). The summed E-state index contributed by atoms with van der Waals surface area (Å²) in [6.07, 6.45) is 0.0872. The molecule has 4 atom stereocenters. The molecular weight excluding hydrogens is 534 g/mol. The van der Waals surface area contributed by atoms with E-state index in [1.165, 1.54) is 18.1 Å². The number of rotatable bonds is 5. The summed E-state index contributed by atoms with van der Waals surface area (Å²) in [7, 11) is 4.44. The van der Waals surface area contributed by atoms with E-state index >= 15 is 0 Å². The molecule has 3 aliphatic carbocycles. The Bertz CT molecular complexity index is 1590. The van der Waals surface area contributed by atoms with Gasteiger partial charge in [-0.3, -0.25) is 28.9 Å². The van der Waals surface area contributed by atoms with E-state index in [9.17, 15) is 39.6 Å². The number of benzene rings is 2. The second-order valence-corrected chi connectivity index (χ2v) is 10.7. The van der Waals surface area contributed by atoms with Gasteiger partial charge in [0, 0.05) is 17.1 Å². The van der Waals surface area contributed by atoms with Crippen molar-refractivity contribution < 1.29 is 44.4 Å². The first-order chi connectivity index (χ1) is 19.3. The summed E-state index contributed by atoms with van der Waals surface area (Å²) in [5, 5.41) is 44.8. The Balaban J connectivity index is 1.68. The summed E-state index contributed by atoms with van der Waals surface area (Å²) in [5.41, 5.74) is 5.55. The lowest BCUT2D eigenvalue weighted by atomic mass is 9.58. The van der Waals surface area contributed by atoms with E-state index in [0.29, 0.717) is 16.7 Å². The average Bonchev–Trinajstić information content (AvgIpc) is 2.90. The number of phenolic OH excluding ortho intramolecular Hbond substituents is 1. The molecule has 3 aliphatic rings. The van der Waals surface area contributed by atoms with Crippen molar-refractivity contribution in [2.75, 3.05) is 21.2 Å². The van der Waals surface area contributed by atoms with Crippen molar-refractivity contribution in [2.45, 2.75) is 24.5 Å². The van der Waals surface area contributed by atoms with Gasteiger partial charge in [-0.2, -0.15) is 0 Å². The zero-order valence-electron chi connectivity index (χ0n) is 22.5. The molecule has 0 unspecified atom stereocenters. The second kappa shape index (κ2) is 9.84. The maximum atomic E-state index is 13.9. The van der Waals surface area contributed by atoms with Crippen molar-refractivity contribution in [2.24, 2.45) is 17.6 Å². The van der Waals surface area contributed by atoms with Crippen LogP contribution in [0.3, 0.4) is 0 Å². The summed E-state index contributed by atoms with van der Waals surface area (Å²) < 4.78 is 0. The molecule has 2 aromatic rings. The molecule has 0 saturated carbocycles. The first kappa shape index (κ1) is 28.0. The number of primary amides is 1. The van der Waals surface area contributed by atoms with Gasteiger partial charge in [-0.05, 0) is 67.7 Å². The normalized spacial score (nSPS) is 25.5.